The molecule has 0 spiro atoms. The van der Waals surface area contributed by atoms with Crippen molar-refractivity contribution in [1.29, 1.82) is 0 Å². The zero-order valence-corrected chi connectivity index (χ0v) is 17.0. The second-order valence-corrected chi connectivity index (χ2v) is 8.03. The maximum Gasteiger partial charge on any atom is 0.222 e. The van der Waals surface area contributed by atoms with Crippen LogP contribution in [0.5, 0.6) is 0 Å². The van der Waals surface area contributed by atoms with Crippen molar-refractivity contribution in [2.45, 2.75) is 32.6 Å². The van der Waals surface area contributed by atoms with Crippen LogP contribution in [0.2, 0.25) is 0 Å². The van der Waals surface area contributed by atoms with Crippen LogP contribution < -0.4 is 5.73 Å². The quantitative estimate of drug-likeness (QED) is 0.778. The van der Waals surface area contributed by atoms with E-state index >= 15 is 0 Å². The van der Waals surface area contributed by atoms with Crippen LogP contribution in [0.1, 0.15) is 30.9 Å². The molecule has 0 aliphatic carbocycles. The van der Waals surface area contributed by atoms with Gasteiger partial charge in [-0.25, -0.2) is 0 Å². The lowest BCUT2D eigenvalue weighted by Gasteiger charge is -2.24. The largest absolute Gasteiger partial charge is 0.342 e. The number of hydrogen-bond acceptors (Lipinski definition) is 2. The van der Waals surface area contributed by atoms with E-state index in [2.05, 4.69) is 55.5 Å². The Hall–Kier alpha value is -1.84. The smallest absolute Gasteiger partial charge is 0.222 e. The molecule has 3 nitrogen and oxygen atoms in total. The van der Waals surface area contributed by atoms with Gasteiger partial charge in [-0.2, -0.15) is 0 Å². The summed E-state index contributed by atoms with van der Waals surface area (Å²) in [5.41, 5.74) is 8.59. The summed E-state index contributed by atoms with van der Waals surface area (Å²) in [6, 6.07) is 21.0. The predicted octanol–water partition coefficient (Wildman–Crippen LogP) is 4.10. The van der Waals surface area contributed by atoms with Gasteiger partial charge in [0.2, 0.25) is 5.91 Å². The summed E-state index contributed by atoms with van der Waals surface area (Å²) in [6.45, 7) is 4.47. The molecule has 1 heterocycles. The molecule has 1 saturated heterocycles. The molecule has 0 radical (unpaired) electrons. The monoisotopic (exact) mass is 386 g/mol. The van der Waals surface area contributed by atoms with Gasteiger partial charge >= 0.3 is 0 Å². The number of rotatable bonds is 7. The topological polar surface area (TPSA) is 46.3 Å². The van der Waals surface area contributed by atoms with Crippen molar-refractivity contribution in [3.05, 3.63) is 71.8 Å². The fourth-order valence-electron chi connectivity index (χ4n) is 3.89. The van der Waals surface area contributed by atoms with Gasteiger partial charge in [-0.3, -0.25) is 4.79 Å². The van der Waals surface area contributed by atoms with E-state index in [1.807, 2.05) is 17.0 Å². The molecule has 1 aliphatic heterocycles. The van der Waals surface area contributed by atoms with Crippen molar-refractivity contribution in [3.8, 4) is 0 Å². The minimum absolute atomic E-state index is 0. The van der Waals surface area contributed by atoms with Crippen LogP contribution in [0.25, 0.3) is 0 Å². The maximum absolute atomic E-state index is 12.9. The first-order valence-electron chi connectivity index (χ1n) is 9.64. The van der Waals surface area contributed by atoms with Gasteiger partial charge in [0.25, 0.3) is 0 Å². The van der Waals surface area contributed by atoms with Gasteiger partial charge in [0.05, 0.1) is 0 Å². The highest BCUT2D eigenvalue weighted by atomic mass is 35.5. The molecule has 2 N–H and O–H groups in total. The first kappa shape index (κ1) is 21.5. The van der Waals surface area contributed by atoms with E-state index < -0.39 is 0 Å². The molecular formula is C23H31ClN2O. The molecule has 1 fully saturated rings. The molecule has 0 bridgehead atoms. The van der Waals surface area contributed by atoms with Gasteiger partial charge in [-0.1, -0.05) is 67.6 Å². The van der Waals surface area contributed by atoms with Crippen molar-refractivity contribution < 1.29 is 4.79 Å². The normalized spacial score (nSPS) is 19.1. The molecule has 146 valence electrons. The Morgan fingerprint density at radius 1 is 1.04 bits per heavy atom. The second-order valence-electron chi connectivity index (χ2n) is 8.03. The molecule has 0 saturated carbocycles. The summed E-state index contributed by atoms with van der Waals surface area (Å²) in [4.78, 5) is 14.9. The molecular weight excluding hydrogens is 356 g/mol. The highest BCUT2D eigenvalue weighted by Gasteiger charge is 2.35. The number of nitrogens with two attached hydrogens (primary N) is 1. The number of nitrogens with zero attached hydrogens (tertiary/aromatic N) is 1. The van der Waals surface area contributed by atoms with Gasteiger partial charge in [0.1, 0.15) is 0 Å². The lowest BCUT2D eigenvalue weighted by atomic mass is 9.89. The summed E-state index contributed by atoms with van der Waals surface area (Å²) < 4.78 is 0. The van der Waals surface area contributed by atoms with Gasteiger partial charge in [-0.15, -0.1) is 12.4 Å². The van der Waals surface area contributed by atoms with E-state index in [0.29, 0.717) is 18.9 Å². The molecule has 27 heavy (non-hydrogen) atoms. The number of hydrogen-bond donors (Lipinski definition) is 1. The summed E-state index contributed by atoms with van der Waals surface area (Å²) in [6.07, 6.45) is 3.48. The molecule has 2 aromatic rings. The minimum atomic E-state index is 0. The van der Waals surface area contributed by atoms with Gasteiger partial charge < -0.3 is 10.6 Å². The first-order chi connectivity index (χ1) is 12.6. The molecule has 4 heteroatoms. The highest BCUT2D eigenvalue weighted by Crippen LogP contribution is 2.30. The number of amides is 1. The number of carbonyl (C=O) groups is 1. The zero-order chi connectivity index (χ0) is 18.4. The predicted molar refractivity (Wildman–Crippen MR) is 114 cm³/mol. The summed E-state index contributed by atoms with van der Waals surface area (Å²) in [5, 5.41) is 0. The van der Waals surface area contributed by atoms with E-state index in [1.165, 1.54) is 11.1 Å². The number of benzene rings is 2. The first-order valence-corrected chi connectivity index (χ1v) is 9.64. The third-order valence-electron chi connectivity index (χ3n) is 5.60. The number of halogens is 1. The zero-order valence-electron chi connectivity index (χ0n) is 16.1. The molecule has 1 aliphatic rings. The van der Waals surface area contributed by atoms with Crippen LogP contribution in [0.15, 0.2) is 60.7 Å². The van der Waals surface area contributed by atoms with Gasteiger partial charge in [0.15, 0.2) is 0 Å². The van der Waals surface area contributed by atoms with Crippen molar-refractivity contribution >= 4 is 18.3 Å². The average molecular weight is 387 g/mol. The van der Waals surface area contributed by atoms with Crippen molar-refractivity contribution in [2.24, 2.45) is 17.1 Å². The van der Waals surface area contributed by atoms with Crippen molar-refractivity contribution in [1.82, 2.24) is 4.90 Å². The van der Waals surface area contributed by atoms with Crippen LogP contribution in [0.4, 0.5) is 0 Å². The van der Waals surface area contributed by atoms with Crippen LogP contribution >= 0.6 is 12.4 Å². The highest BCUT2D eigenvalue weighted by molar-refractivity contribution is 5.85. The molecule has 1 amide bonds. The van der Waals surface area contributed by atoms with E-state index in [9.17, 15) is 4.79 Å². The van der Waals surface area contributed by atoms with Gasteiger partial charge in [-0.05, 0) is 48.3 Å². The Morgan fingerprint density at radius 2 is 1.56 bits per heavy atom. The van der Waals surface area contributed by atoms with E-state index in [0.717, 1.165) is 32.4 Å². The molecule has 0 aromatic heterocycles. The minimum Gasteiger partial charge on any atom is -0.342 e. The maximum atomic E-state index is 12.9. The number of carbonyl (C=O) groups excluding carboxylic acids is 1. The Morgan fingerprint density at radius 3 is 2.00 bits per heavy atom. The lowest BCUT2D eigenvalue weighted by Crippen LogP contribution is -2.35. The Balaban J connectivity index is 0.00000261. The third-order valence-corrected chi connectivity index (χ3v) is 5.60. The van der Waals surface area contributed by atoms with Crippen molar-refractivity contribution in [3.63, 3.8) is 0 Å². The summed E-state index contributed by atoms with van der Waals surface area (Å²) in [5.74, 6) is 0.594. The van der Waals surface area contributed by atoms with Crippen LogP contribution in [-0.2, 0) is 17.6 Å². The number of likely N-dealkylation sites (tertiary alicyclic amines) is 1. The lowest BCUT2D eigenvalue weighted by molar-refractivity contribution is -0.131. The van der Waals surface area contributed by atoms with Crippen LogP contribution in [0, 0.1) is 11.3 Å². The fourth-order valence-corrected chi connectivity index (χ4v) is 3.89. The molecule has 1 unspecified atom stereocenters. The molecule has 3 rings (SSSR count). The summed E-state index contributed by atoms with van der Waals surface area (Å²) >= 11 is 0. The Labute approximate surface area is 169 Å². The van der Waals surface area contributed by atoms with Crippen molar-refractivity contribution in [2.75, 3.05) is 19.6 Å². The van der Waals surface area contributed by atoms with E-state index in [-0.39, 0.29) is 23.7 Å². The third kappa shape index (κ3) is 6.08. The molecule has 2 aromatic carbocycles. The second kappa shape index (κ2) is 9.91. The summed E-state index contributed by atoms with van der Waals surface area (Å²) in [7, 11) is 0. The van der Waals surface area contributed by atoms with E-state index in [1.54, 1.807) is 0 Å². The van der Waals surface area contributed by atoms with Crippen LogP contribution in [0.3, 0.4) is 0 Å². The Bertz CT molecular complexity index is 665. The molecule has 1 atom stereocenters. The van der Waals surface area contributed by atoms with Gasteiger partial charge in [0, 0.05) is 19.5 Å². The van der Waals surface area contributed by atoms with E-state index in [4.69, 9.17) is 5.73 Å². The average Bonchev–Trinajstić information content (AvgIpc) is 3.06. The standard InChI is InChI=1S/C23H30N2O.ClH/c1-23(17-24)12-13-25(18-23)22(26)16-21(14-19-8-4-2-5-9-19)15-20-10-6-3-7-11-20;/h2-11,21H,12-18,24H2,1H3;1H. The van der Waals surface area contributed by atoms with Crippen LogP contribution in [-0.4, -0.2) is 30.4 Å². The Kier molecular flexibility index (Phi) is 7.88. The fraction of sp³-hybridized carbons (Fsp3) is 0.435. The SMILES string of the molecule is CC1(CN)CCN(C(=O)CC(Cc2ccccc2)Cc2ccccc2)C1.Cl.